The van der Waals surface area contributed by atoms with E-state index in [1.807, 2.05) is 55.5 Å². The van der Waals surface area contributed by atoms with Gasteiger partial charge in [0, 0.05) is 11.1 Å². The van der Waals surface area contributed by atoms with E-state index in [1.165, 1.54) is 4.31 Å². The number of aryl methyl sites for hydroxylation is 1. The molecule has 0 N–H and O–H groups in total. The van der Waals surface area contributed by atoms with Gasteiger partial charge in [0.2, 0.25) is 0 Å². The van der Waals surface area contributed by atoms with Gasteiger partial charge in [0.1, 0.15) is 0 Å². The van der Waals surface area contributed by atoms with Gasteiger partial charge in [-0.3, -0.25) is 0 Å². The third kappa shape index (κ3) is 5.74. The quantitative estimate of drug-likeness (QED) is 0.402. The molecule has 0 atom stereocenters. The molecule has 0 heterocycles. The van der Waals surface area contributed by atoms with Gasteiger partial charge in [0.15, 0.2) is 0 Å². The molecule has 0 bridgehead atoms. The van der Waals surface area contributed by atoms with Crippen LogP contribution in [0.15, 0.2) is 89.8 Å². The summed E-state index contributed by atoms with van der Waals surface area (Å²) in [6.45, 7) is 2.08. The molecule has 29 heavy (non-hydrogen) atoms. The lowest BCUT2D eigenvalue weighted by Crippen LogP contribution is -2.26. The summed E-state index contributed by atoms with van der Waals surface area (Å²) in [5, 5.41) is 0.659. The molecule has 0 aromatic heterocycles. The number of sulfonamides is 1. The van der Waals surface area contributed by atoms with Crippen molar-refractivity contribution < 1.29 is 8.42 Å². The van der Waals surface area contributed by atoms with E-state index in [4.69, 9.17) is 11.6 Å². The topological polar surface area (TPSA) is 37.4 Å². The van der Waals surface area contributed by atoms with E-state index in [0.29, 0.717) is 5.02 Å². The van der Waals surface area contributed by atoms with E-state index in [2.05, 4.69) is 12.0 Å². The Balaban J connectivity index is 1.89. The van der Waals surface area contributed by atoms with Crippen molar-refractivity contribution in [3.05, 3.63) is 107 Å². The molecule has 0 unspecified atom stereocenters. The minimum Gasteiger partial charge on any atom is -0.220 e. The molecule has 0 aliphatic carbocycles. The summed E-state index contributed by atoms with van der Waals surface area (Å²) in [4.78, 5) is 0.218. The molecule has 0 spiro atoms. The van der Waals surface area contributed by atoms with Crippen LogP contribution in [-0.4, -0.2) is 12.7 Å². The van der Waals surface area contributed by atoms with Gasteiger partial charge in [0.05, 0.1) is 11.4 Å². The van der Waals surface area contributed by atoms with Gasteiger partial charge in [0.25, 0.3) is 10.0 Å². The normalized spacial score (nSPS) is 11.1. The van der Waals surface area contributed by atoms with Crippen LogP contribution in [-0.2, 0) is 16.6 Å². The Kier molecular flexibility index (Phi) is 6.77. The SMILES string of the molecule is Cc1ccc(S(=O)(=O)N(C#CC=Cc2ccc(Cl)cc2)Cc2ccccc2)cc1. The van der Waals surface area contributed by atoms with Crippen molar-refractivity contribution in [3.63, 3.8) is 0 Å². The van der Waals surface area contributed by atoms with E-state index < -0.39 is 10.0 Å². The van der Waals surface area contributed by atoms with Crippen LogP contribution in [0.1, 0.15) is 16.7 Å². The van der Waals surface area contributed by atoms with Gasteiger partial charge in [-0.1, -0.05) is 77.7 Å². The summed E-state index contributed by atoms with van der Waals surface area (Å²) >= 11 is 5.88. The molecule has 0 saturated carbocycles. The van der Waals surface area contributed by atoms with Crippen LogP contribution in [0.25, 0.3) is 6.08 Å². The van der Waals surface area contributed by atoms with E-state index in [0.717, 1.165) is 16.7 Å². The summed E-state index contributed by atoms with van der Waals surface area (Å²) in [6.07, 6.45) is 3.44. The number of halogens is 1. The minimum atomic E-state index is -3.76. The molecule has 3 aromatic carbocycles. The second kappa shape index (κ2) is 9.47. The van der Waals surface area contributed by atoms with Crippen LogP contribution in [0, 0.1) is 18.9 Å². The highest BCUT2D eigenvalue weighted by Gasteiger charge is 2.22. The molecule has 0 aliphatic heterocycles. The Bertz CT molecular complexity index is 1140. The lowest BCUT2D eigenvalue weighted by molar-refractivity contribution is 0.508. The highest BCUT2D eigenvalue weighted by atomic mass is 35.5. The maximum absolute atomic E-state index is 13.1. The monoisotopic (exact) mass is 421 g/mol. The Hall–Kier alpha value is -3.00. The lowest BCUT2D eigenvalue weighted by atomic mass is 10.2. The van der Waals surface area contributed by atoms with Crippen molar-refractivity contribution in [2.75, 3.05) is 0 Å². The summed E-state index contributed by atoms with van der Waals surface area (Å²) in [6, 6.07) is 26.3. The van der Waals surface area contributed by atoms with Gasteiger partial charge in [-0.15, -0.1) is 0 Å². The maximum atomic E-state index is 13.1. The summed E-state index contributed by atoms with van der Waals surface area (Å²) in [5.74, 6) is 2.84. The second-order valence-electron chi connectivity index (χ2n) is 6.45. The fraction of sp³-hybridized carbons (Fsp3) is 0.0833. The van der Waals surface area contributed by atoms with Crippen LogP contribution in [0.4, 0.5) is 0 Å². The number of rotatable bonds is 5. The number of hydrogen-bond donors (Lipinski definition) is 0. The minimum absolute atomic E-state index is 0.166. The zero-order chi connectivity index (χ0) is 20.7. The number of allylic oxidation sites excluding steroid dienone is 1. The van der Waals surface area contributed by atoms with Gasteiger partial charge in [-0.2, -0.15) is 0 Å². The van der Waals surface area contributed by atoms with Crippen molar-refractivity contribution in [2.45, 2.75) is 18.4 Å². The van der Waals surface area contributed by atoms with Crippen molar-refractivity contribution in [2.24, 2.45) is 0 Å². The van der Waals surface area contributed by atoms with Crippen LogP contribution in [0.2, 0.25) is 5.02 Å². The molecule has 3 rings (SSSR count). The number of benzene rings is 3. The molecule has 3 nitrogen and oxygen atoms in total. The fourth-order valence-corrected chi connectivity index (χ4v) is 3.94. The van der Waals surface area contributed by atoms with Crippen LogP contribution in [0.3, 0.4) is 0 Å². The van der Waals surface area contributed by atoms with E-state index in [9.17, 15) is 8.42 Å². The Labute approximate surface area is 177 Å². The van der Waals surface area contributed by atoms with Gasteiger partial charge in [-0.25, -0.2) is 12.7 Å². The maximum Gasteiger partial charge on any atom is 0.271 e. The van der Waals surface area contributed by atoms with Gasteiger partial charge >= 0.3 is 0 Å². The molecule has 3 aromatic rings. The third-order valence-corrected chi connectivity index (χ3v) is 6.12. The van der Waals surface area contributed by atoms with E-state index >= 15 is 0 Å². The predicted octanol–water partition coefficient (Wildman–Crippen LogP) is 5.51. The van der Waals surface area contributed by atoms with Gasteiger partial charge < -0.3 is 0 Å². The van der Waals surface area contributed by atoms with Crippen LogP contribution < -0.4 is 0 Å². The average Bonchev–Trinajstić information content (AvgIpc) is 2.72. The summed E-state index contributed by atoms with van der Waals surface area (Å²) in [5.41, 5.74) is 2.79. The smallest absolute Gasteiger partial charge is 0.220 e. The Morgan fingerprint density at radius 2 is 1.59 bits per heavy atom. The van der Waals surface area contributed by atoms with Crippen molar-refractivity contribution in [3.8, 4) is 12.0 Å². The predicted molar refractivity (Wildman–Crippen MR) is 119 cm³/mol. The number of nitrogens with zero attached hydrogens (tertiary/aromatic N) is 1. The summed E-state index contributed by atoms with van der Waals surface area (Å²) < 4.78 is 27.4. The molecule has 0 fully saturated rings. The lowest BCUT2D eigenvalue weighted by Gasteiger charge is -2.18. The highest BCUT2D eigenvalue weighted by Crippen LogP contribution is 2.18. The second-order valence-corrected chi connectivity index (χ2v) is 8.75. The zero-order valence-electron chi connectivity index (χ0n) is 15.9. The fourth-order valence-electron chi connectivity index (χ4n) is 2.59. The average molecular weight is 422 g/mol. The molecule has 146 valence electrons. The molecular weight excluding hydrogens is 402 g/mol. The summed E-state index contributed by atoms with van der Waals surface area (Å²) in [7, 11) is -3.76. The van der Waals surface area contributed by atoms with Crippen LogP contribution in [0.5, 0.6) is 0 Å². The molecule has 0 aliphatic rings. The first-order valence-electron chi connectivity index (χ1n) is 9.02. The first kappa shape index (κ1) is 20.7. The number of hydrogen-bond acceptors (Lipinski definition) is 2. The highest BCUT2D eigenvalue weighted by molar-refractivity contribution is 7.89. The first-order chi connectivity index (χ1) is 13.9. The van der Waals surface area contributed by atoms with E-state index in [1.54, 1.807) is 42.5 Å². The molecule has 0 amide bonds. The molecule has 0 saturated heterocycles. The Morgan fingerprint density at radius 3 is 2.24 bits per heavy atom. The standard InChI is InChI=1S/C24H20ClNO2S/c1-20-10-16-24(17-11-20)29(27,28)26(19-22-8-3-2-4-9-22)18-6-5-7-21-12-14-23(25)15-13-21/h2-5,7-17H,19H2,1H3. The molecule has 0 radical (unpaired) electrons. The van der Waals surface area contributed by atoms with Gasteiger partial charge in [-0.05, 0) is 54.5 Å². The van der Waals surface area contributed by atoms with E-state index in [-0.39, 0.29) is 11.4 Å². The third-order valence-electron chi connectivity index (χ3n) is 4.20. The molecular formula is C24H20ClNO2S. The zero-order valence-corrected chi connectivity index (χ0v) is 17.5. The van der Waals surface area contributed by atoms with Crippen molar-refractivity contribution >= 4 is 27.7 Å². The van der Waals surface area contributed by atoms with Crippen molar-refractivity contribution in [1.82, 2.24) is 4.31 Å². The largest absolute Gasteiger partial charge is 0.271 e. The van der Waals surface area contributed by atoms with Crippen LogP contribution >= 0.6 is 11.6 Å². The Morgan fingerprint density at radius 1 is 0.931 bits per heavy atom. The van der Waals surface area contributed by atoms with Crippen molar-refractivity contribution in [1.29, 1.82) is 0 Å². The first-order valence-corrected chi connectivity index (χ1v) is 10.8. The molecule has 5 heteroatoms.